The number of rotatable bonds is 6. The fourth-order valence-corrected chi connectivity index (χ4v) is 2.43. The van der Waals surface area contributed by atoms with Crippen LogP contribution in [0, 0.1) is 17.0 Å². The molecule has 8 heteroatoms. The highest BCUT2D eigenvalue weighted by Crippen LogP contribution is 2.12. The summed E-state index contributed by atoms with van der Waals surface area (Å²) in [6, 6.07) is 15.5. The van der Waals surface area contributed by atoms with E-state index in [1.807, 2.05) is 31.2 Å². The summed E-state index contributed by atoms with van der Waals surface area (Å²) in [6.07, 6.45) is 3.25. The van der Waals surface area contributed by atoms with Gasteiger partial charge in [-0.15, -0.1) is 0 Å². The van der Waals surface area contributed by atoms with Crippen LogP contribution >= 0.6 is 0 Å². The van der Waals surface area contributed by atoms with Crippen LogP contribution in [0.2, 0.25) is 0 Å². The molecule has 1 N–H and O–H groups in total. The second-order valence-corrected chi connectivity index (χ2v) is 5.88. The highest BCUT2D eigenvalue weighted by molar-refractivity contribution is 5.93. The first kappa shape index (κ1) is 18.0. The number of hydrazone groups is 1. The minimum atomic E-state index is -0.447. The van der Waals surface area contributed by atoms with Gasteiger partial charge in [0.1, 0.15) is 0 Å². The quantitative estimate of drug-likeness (QED) is 0.413. The molecule has 0 spiro atoms. The summed E-state index contributed by atoms with van der Waals surface area (Å²) in [5.74, 6) is -0.415. The average Bonchev–Trinajstić information content (AvgIpc) is 3.12. The maximum atomic E-state index is 12.1. The first-order valence-corrected chi connectivity index (χ1v) is 8.19. The standard InChI is InChI=1S/C19H17N5O3/c1-14-4-2-3-5-16(14)12-20-21-19(25)18-10-11-23(22-18)13-15-6-8-17(9-7-15)24(26)27/h2-12H,13H2,1H3,(H,21,25)/b20-12-. The number of amides is 1. The van der Waals surface area contributed by atoms with Gasteiger partial charge in [0.25, 0.3) is 11.6 Å². The molecule has 0 saturated heterocycles. The van der Waals surface area contributed by atoms with Crippen LogP contribution in [-0.2, 0) is 6.54 Å². The first-order chi connectivity index (χ1) is 13.0. The maximum Gasteiger partial charge on any atom is 0.291 e. The number of carbonyl (C=O) groups excluding carboxylic acids is 1. The summed E-state index contributed by atoms with van der Waals surface area (Å²) < 4.78 is 1.58. The lowest BCUT2D eigenvalue weighted by Crippen LogP contribution is -2.18. The number of nitrogens with zero attached hydrogens (tertiary/aromatic N) is 4. The fraction of sp³-hybridized carbons (Fsp3) is 0.105. The molecule has 3 rings (SSSR count). The zero-order chi connectivity index (χ0) is 19.2. The maximum absolute atomic E-state index is 12.1. The van der Waals surface area contributed by atoms with Crippen molar-refractivity contribution in [3.8, 4) is 0 Å². The third kappa shape index (κ3) is 4.63. The summed E-state index contributed by atoms with van der Waals surface area (Å²) in [5.41, 5.74) is 5.54. The molecule has 8 nitrogen and oxygen atoms in total. The van der Waals surface area contributed by atoms with Gasteiger partial charge in [-0.25, -0.2) is 5.43 Å². The number of nitro benzene ring substituents is 1. The Morgan fingerprint density at radius 2 is 1.96 bits per heavy atom. The largest absolute Gasteiger partial charge is 0.291 e. The summed E-state index contributed by atoms with van der Waals surface area (Å²) in [7, 11) is 0. The molecule has 0 aliphatic heterocycles. The molecule has 0 saturated carbocycles. The average molecular weight is 363 g/mol. The van der Waals surface area contributed by atoms with E-state index in [9.17, 15) is 14.9 Å². The lowest BCUT2D eigenvalue weighted by atomic mass is 10.1. The van der Waals surface area contributed by atoms with Gasteiger partial charge in [-0.2, -0.15) is 10.2 Å². The third-order valence-electron chi connectivity index (χ3n) is 3.92. The van der Waals surface area contributed by atoms with Crippen LogP contribution in [0.1, 0.15) is 27.2 Å². The van der Waals surface area contributed by atoms with Gasteiger partial charge in [0.05, 0.1) is 17.7 Å². The van der Waals surface area contributed by atoms with Crippen LogP contribution in [-0.4, -0.2) is 26.8 Å². The van der Waals surface area contributed by atoms with Crippen molar-refractivity contribution in [2.24, 2.45) is 5.10 Å². The Balaban J connectivity index is 1.60. The van der Waals surface area contributed by atoms with Crippen LogP contribution in [0.4, 0.5) is 5.69 Å². The molecule has 0 unspecified atom stereocenters. The second kappa shape index (κ2) is 8.05. The van der Waals surface area contributed by atoms with Crippen molar-refractivity contribution in [2.45, 2.75) is 13.5 Å². The van der Waals surface area contributed by atoms with E-state index in [1.165, 1.54) is 12.1 Å². The summed E-state index contributed by atoms with van der Waals surface area (Å²) >= 11 is 0. The number of aromatic nitrogens is 2. The number of nitrogens with one attached hydrogen (secondary N) is 1. The SMILES string of the molecule is Cc1ccccc1/C=N\NC(=O)c1ccn(Cc2ccc([N+](=O)[O-])cc2)n1. The van der Waals surface area contributed by atoms with Crippen LogP contribution in [0.25, 0.3) is 0 Å². The second-order valence-electron chi connectivity index (χ2n) is 5.88. The predicted octanol–water partition coefficient (Wildman–Crippen LogP) is 2.91. The molecular formula is C19H17N5O3. The third-order valence-corrected chi connectivity index (χ3v) is 3.92. The van der Waals surface area contributed by atoms with Crippen molar-refractivity contribution in [3.05, 3.63) is 93.3 Å². The van der Waals surface area contributed by atoms with E-state index < -0.39 is 10.8 Å². The number of non-ortho nitro benzene ring substituents is 1. The molecule has 27 heavy (non-hydrogen) atoms. The molecule has 1 aromatic heterocycles. The van der Waals surface area contributed by atoms with E-state index in [1.54, 1.807) is 35.3 Å². The van der Waals surface area contributed by atoms with E-state index in [4.69, 9.17) is 0 Å². The molecule has 1 amide bonds. The summed E-state index contributed by atoms with van der Waals surface area (Å²) in [4.78, 5) is 22.4. The van der Waals surface area contributed by atoms with Crippen LogP contribution in [0.15, 0.2) is 65.9 Å². The van der Waals surface area contributed by atoms with Gasteiger partial charge in [-0.3, -0.25) is 19.6 Å². The number of aryl methyl sites for hydroxylation is 1. The van der Waals surface area contributed by atoms with Crippen LogP contribution in [0.3, 0.4) is 0 Å². The molecule has 0 aliphatic rings. The highest BCUT2D eigenvalue weighted by atomic mass is 16.6. The van der Waals surface area contributed by atoms with Gasteiger partial charge in [-0.05, 0) is 29.7 Å². The molecule has 3 aromatic rings. The number of benzene rings is 2. The molecule has 1 heterocycles. The molecule has 0 fully saturated rings. The van der Waals surface area contributed by atoms with Gasteiger partial charge in [-0.1, -0.05) is 36.4 Å². The van der Waals surface area contributed by atoms with Crippen LogP contribution < -0.4 is 5.43 Å². The fourth-order valence-electron chi connectivity index (χ4n) is 2.43. The molecule has 0 atom stereocenters. The van der Waals surface area contributed by atoms with Gasteiger partial charge in [0, 0.05) is 18.3 Å². The van der Waals surface area contributed by atoms with E-state index in [2.05, 4.69) is 15.6 Å². The summed E-state index contributed by atoms with van der Waals surface area (Å²) in [6.45, 7) is 2.36. The number of carbonyl (C=O) groups is 1. The highest BCUT2D eigenvalue weighted by Gasteiger charge is 2.09. The smallest absolute Gasteiger partial charge is 0.268 e. The van der Waals surface area contributed by atoms with Crippen LogP contribution in [0.5, 0.6) is 0 Å². The Labute approximate surface area is 155 Å². The minimum Gasteiger partial charge on any atom is -0.268 e. The monoisotopic (exact) mass is 363 g/mol. The van der Waals surface area contributed by atoms with Crippen molar-refractivity contribution in [1.29, 1.82) is 0 Å². The normalized spacial score (nSPS) is 10.9. The summed E-state index contributed by atoms with van der Waals surface area (Å²) in [5, 5.41) is 18.8. The van der Waals surface area contributed by atoms with Crippen molar-refractivity contribution < 1.29 is 9.72 Å². The van der Waals surface area contributed by atoms with E-state index in [-0.39, 0.29) is 11.4 Å². The molecule has 0 bridgehead atoms. The van der Waals surface area contributed by atoms with E-state index in [0.717, 1.165) is 16.7 Å². The van der Waals surface area contributed by atoms with Crippen molar-refractivity contribution in [2.75, 3.05) is 0 Å². The minimum absolute atomic E-state index is 0.0331. The molecule has 2 aromatic carbocycles. The lowest BCUT2D eigenvalue weighted by Gasteiger charge is -2.02. The predicted molar refractivity (Wildman–Crippen MR) is 101 cm³/mol. The topological polar surface area (TPSA) is 102 Å². The molecular weight excluding hydrogens is 346 g/mol. The zero-order valence-corrected chi connectivity index (χ0v) is 14.6. The molecule has 0 radical (unpaired) electrons. The Hall–Kier alpha value is -3.81. The number of hydrogen-bond donors (Lipinski definition) is 1. The van der Waals surface area contributed by atoms with Crippen molar-refractivity contribution >= 4 is 17.8 Å². The number of nitro groups is 1. The van der Waals surface area contributed by atoms with Gasteiger partial charge < -0.3 is 0 Å². The lowest BCUT2D eigenvalue weighted by molar-refractivity contribution is -0.384. The molecule has 136 valence electrons. The Kier molecular flexibility index (Phi) is 5.36. The Bertz CT molecular complexity index is 993. The van der Waals surface area contributed by atoms with Gasteiger partial charge >= 0.3 is 0 Å². The number of hydrogen-bond acceptors (Lipinski definition) is 5. The first-order valence-electron chi connectivity index (χ1n) is 8.19. The van der Waals surface area contributed by atoms with Gasteiger partial charge in [0.15, 0.2) is 5.69 Å². The van der Waals surface area contributed by atoms with E-state index in [0.29, 0.717) is 6.54 Å². The Morgan fingerprint density at radius 3 is 2.67 bits per heavy atom. The van der Waals surface area contributed by atoms with Crippen molar-refractivity contribution in [1.82, 2.24) is 15.2 Å². The van der Waals surface area contributed by atoms with Crippen molar-refractivity contribution in [3.63, 3.8) is 0 Å². The Morgan fingerprint density at radius 1 is 1.22 bits per heavy atom. The zero-order valence-electron chi connectivity index (χ0n) is 14.6. The van der Waals surface area contributed by atoms with Gasteiger partial charge in [0.2, 0.25) is 0 Å². The van der Waals surface area contributed by atoms with E-state index >= 15 is 0 Å². The molecule has 0 aliphatic carbocycles.